The Balaban J connectivity index is -0.000000131. The quantitative estimate of drug-likeness (QED) is 0.0308. The third-order valence-electron chi connectivity index (χ3n) is 11.2. The number of hydrogen-bond acceptors (Lipinski definition) is 30. The van der Waals surface area contributed by atoms with E-state index in [2.05, 4.69) is 43.5 Å². The molecular weight excluding hydrogens is 1610 g/mol. The van der Waals surface area contributed by atoms with Crippen LogP contribution in [-0.4, -0.2) is 224 Å². The van der Waals surface area contributed by atoms with Gasteiger partial charge in [0.1, 0.15) is 23.0 Å². The van der Waals surface area contributed by atoms with Gasteiger partial charge in [-0.05, 0) is 151 Å². The number of carboxylic acid groups (broad SMARTS) is 4. The molecule has 4 rings (SSSR count). The van der Waals surface area contributed by atoms with Crippen LogP contribution in [0.5, 0.6) is 46.0 Å². The molecule has 0 saturated carbocycles. The minimum absolute atomic E-state index is 0. The minimum atomic E-state index is -2.33. The maximum atomic E-state index is 12.4. The largest absolute Gasteiger partial charge is 3.00 e. The van der Waals surface area contributed by atoms with Crippen molar-refractivity contribution < 1.29 is 219 Å². The van der Waals surface area contributed by atoms with E-state index in [1.54, 1.807) is 24.3 Å². The molecule has 0 aliphatic heterocycles. The number of nitrogens with zero attached hydrogens (tertiary/aromatic N) is 8. The maximum Gasteiger partial charge on any atom is 3.00 e. The molecule has 0 unspecified atom stereocenters. The van der Waals surface area contributed by atoms with Crippen LogP contribution in [0.2, 0.25) is 0 Å². The van der Waals surface area contributed by atoms with Crippen molar-refractivity contribution in [2.75, 3.05) is 152 Å². The van der Waals surface area contributed by atoms with Crippen molar-refractivity contribution >= 4 is 12.3 Å². The van der Waals surface area contributed by atoms with Gasteiger partial charge in [-0.3, -0.25) is 0 Å². The third kappa shape index (κ3) is 57.2. The zero-order chi connectivity index (χ0) is 70.0. The Kier molecular flexibility index (Phi) is 79.2. The van der Waals surface area contributed by atoms with Gasteiger partial charge < -0.3 is 150 Å². The van der Waals surface area contributed by atoms with Gasteiger partial charge in [-0.1, -0.05) is 47.3 Å². The van der Waals surface area contributed by atoms with E-state index in [4.69, 9.17) is 100 Å². The van der Waals surface area contributed by atoms with E-state index in [1.807, 2.05) is 80.2 Å². The molecule has 0 aliphatic carbocycles. The minimum Gasteiger partial charge on any atom is -0.870 e. The third-order valence-corrected chi connectivity index (χ3v) is 11.2. The monoisotopic (exact) mass is 1700 g/mol. The van der Waals surface area contributed by atoms with Crippen molar-refractivity contribution in [3.63, 3.8) is 0 Å². The number of methoxy groups -OCH3 is 4. The molecule has 2 radical (unpaired) electrons. The van der Waals surface area contributed by atoms with Crippen molar-refractivity contribution in [3.8, 4) is 46.0 Å². The molecular formula is C56H90Gd2N8O24Zn2. The summed E-state index contributed by atoms with van der Waals surface area (Å²) in [5.74, 6) is 1.47. The van der Waals surface area contributed by atoms with Crippen molar-refractivity contribution in [1.82, 2.24) is 29.4 Å². The summed E-state index contributed by atoms with van der Waals surface area (Å²) >= 11 is 0. The predicted octanol–water partition coefficient (Wildman–Crippen LogP) is -3.02. The van der Waals surface area contributed by atoms with Crippen LogP contribution >= 0.6 is 0 Å². The van der Waals surface area contributed by atoms with E-state index in [-0.39, 0.29) is 142 Å². The van der Waals surface area contributed by atoms with E-state index < -0.39 is 22.5 Å². The number of hydrogen-bond donors (Lipinski definition) is 4. The molecule has 4 aromatic rings. The molecule has 0 atom stereocenters. The molecule has 0 saturated heterocycles. The molecule has 92 heavy (non-hydrogen) atoms. The van der Waals surface area contributed by atoms with Crippen LogP contribution in [0.3, 0.4) is 0 Å². The summed E-state index contributed by atoms with van der Waals surface area (Å²) in [7, 11) is 22.4. The summed E-state index contributed by atoms with van der Waals surface area (Å²) in [6.07, 6.45) is -4.67. The number of ether oxygens (including phenoxy) is 4. The molecule has 4 N–H and O–H groups in total. The van der Waals surface area contributed by atoms with Crippen molar-refractivity contribution in [2.45, 2.75) is 53.9 Å². The summed E-state index contributed by atoms with van der Waals surface area (Å²) in [5.41, 5.74) is 7.13. The second-order valence-corrected chi connectivity index (χ2v) is 18.3. The standard InChI is InChI=1S/2C25H39N3O4.2CH2O3.4CH4O.2Gd.2NO3.2Zn/c2*1-18-12-20(24(29)22(14-18)31-6)16-27(4)10-8-26(3)9-11-28(5)17-21-13-19(2)15-23(32-7)25(21)30;2*2-1(3)4;4*1-2;;;2*2-1(3)4;;/h2*12-15,29-30H,8-11,16-17H2,1-7H3;2*(H2,2,3,4);4*2H,1H3;;;;;;/q;;;;;;;;2*+3;2*-1;2*+2/p-8. The molecule has 4 aromatic carbocycles. The van der Waals surface area contributed by atoms with Gasteiger partial charge in [0.25, 0.3) is 0 Å². The first kappa shape index (κ1) is 109. The van der Waals surface area contributed by atoms with E-state index >= 15 is 0 Å². The molecule has 518 valence electrons. The average molecular weight is 1700 g/mol. The Hall–Kier alpha value is -4.28. The van der Waals surface area contributed by atoms with Crippen LogP contribution in [0.1, 0.15) is 44.5 Å². The Labute approximate surface area is 629 Å². The summed E-state index contributed by atoms with van der Waals surface area (Å²) in [6, 6.07) is 14.8. The van der Waals surface area contributed by atoms with Crippen LogP contribution in [0.25, 0.3) is 0 Å². The Morgan fingerprint density at radius 2 is 0.478 bits per heavy atom. The predicted molar refractivity (Wildman–Crippen MR) is 313 cm³/mol. The second kappa shape index (κ2) is 66.7. The Bertz CT molecular complexity index is 2190. The van der Waals surface area contributed by atoms with Gasteiger partial charge in [0.15, 0.2) is 0 Å². The van der Waals surface area contributed by atoms with Crippen LogP contribution in [0.4, 0.5) is 9.59 Å². The molecule has 32 nitrogen and oxygen atoms in total. The Morgan fingerprint density at radius 3 is 0.598 bits per heavy atom. The van der Waals surface area contributed by atoms with Gasteiger partial charge in [-0.2, -0.15) is 0 Å². The molecule has 0 fully saturated rings. The number of aryl methyl sites for hydroxylation is 4. The summed E-state index contributed by atoms with van der Waals surface area (Å²) in [4.78, 5) is 46.3. The molecule has 0 aliphatic rings. The first-order chi connectivity index (χ1) is 41.2. The van der Waals surface area contributed by atoms with E-state index in [0.29, 0.717) is 49.2 Å². The summed E-state index contributed by atoms with van der Waals surface area (Å²) in [5, 5.41) is 141. The number of carbonyl (C=O) groups excluding carboxylic acids is 2. The smallest absolute Gasteiger partial charge is 0.870 e. The topological polar surface area (TPSA) is 488 Å². The Morgan fingerprint density at radius 1 is 0.359 bits per heavy atom. The number of benzene rings is 4. The van der Waals surface area contributed by atoms with Gasteiger partial charge >= 0.3 is 119 Å². The van der Waals surface area contributed by atoms with Gasteiger partial charge in [0.2, 0.25) is 0 Å². The van der Waals surface area contributed by atoms with E-state index in [9.17, 15) is 20.4 Å². The number of carbonyl (C=O) groups is 2. The fourth-order valence-corrected chi connectivity index (χ4v) is 7.40. The first-order valence-corrected chi connectivity index (χ1v) is 25.9. The summed E-state index contributed by atoms with van der Waals surface area (Å²) in [6.45, 7) is 17.1. The molecule has 36 heteroatoms. The number of aliphatic hydroxyl groups is 4. The van der Waals surface area contributed by atoms with E-state index in [1.165, 1.54) is 28.4 Å². The van der Waals surface area contributed by atoms with Crippen LogP contribution in [0, 0.1) is 138 Å². The fraction of sp³-hybridized carbons (Fsp3) is 0.536. The maximum absolute atomic E-state index is 12.4. The normalized spacial score (nSPS) is 9.35. The molecule has 0 amide bonds. The van der Waals surface area contributed by atoms with Crippen LogP contribution < -0.4 is 59.8 Å². The van der Waals surface area contributed by atoms with Crippen molar-refractivity contribution in [2.24, 2.45) is 0 Å². The zero-order valence-electron chi connectivity index (χ0n) is 55.8. The van der Waals surface area contributed by atoms with Gasteiger partial charge in [-0.15, -0.1) is 0 Å². The summed E-state index contributed by atoms with van der Waals surface area (Å²) < 4.78 is 20.8. The number of rotatable bonds is 24. The average Bonchev–Trinajstić information content (AvgIpc) is 3.35. The van der Waals surface area contributed by atoms with Gasteiger partial charge in [0, 0.05) is 107 Å². The van der Waals surface area contributed by atoms with Crippen molar-refractivity contribution in [1.29, 1.82) is 0 Å². The fourth-order valence-electron chi connectivity index (χ4n) is 7.40. The SMILES string of the molecule is CO.CO.CO.CO.COc1cc(C)cc(CN(C)CCN(C)CCN(C)Cc2cc(C)cc(OC)c2[O-])c1[O-].COc1cc(C)cc(CN(C)CCN(C)CCN(C)Cc2cc(C)cc(OC)c2[O-])c1[O-].O=C([O-])[O-].O=C([O-])[O-].O=[N+]([O-])[O-].O=[N+]([O-])[O-].[Gd+3].[Gd+3].[Zn+2].[Zn+2]. The molecule has 0 heterocycles. The number of likely N-dealkylation sites (N-methyl/N-ethyl adjacent to an activating group) is 6. The second-order valence-electron chi connectivity index (χ2n) is 18.3. The van der Waals surface area contributed by atoms with Crippen LogP contribution in [-0.2, 0) is 65.1 Å². The first-order valence-electron chi connectivity index (χ1n) is 25.9. The van der Waals surface area contributed by atoms with Gasteiger partial charge in [0.05, 0.1) is 38.6 Å². The molecule has 0 aromatic heterocycles. The van der Waals surface area contributed by atoms with Crippen LogP contribution in [0.15, 0.2) is 48.5 Å². The molecule has 0 spiro atoms. The van der Waals surface area contributed by atoms with Gasteiger partial charge in [-0.25, -0.2) is 0 Å². The zero-order valence-corrected chi connectivity index (χ0v) is 66.2. The van der Waals surface area contributed by atoms with Crippen molar-refractivity contribution in [3.05, 3.63) is 124 Å². The van der Waals surface area contributed by atoms with E-state index in [0.717, 1.165) is 125 Å². The number of aliphatic hydroxyl groups excluding tert-OH is 4. The molecule has 0 bridgehead atoms.